The van der Waals surface area contributed by atoms with E-state index in [9.17, 15) is 19.8 Å². The minimum Gasteiger partial charge on any atom is -0.507 e. The van der Waals surface area contributed by atoms with Crippen molar-refractivity contribution in [2.45, 2.75) is 20.4 Å². The van der Waals surface area contributed by atoms with Crippen molar-refractivity contribution in [1.82, 2.24) is 4.90 Å². The van der Waals surface area contributed by atoms with E-state index in [1.807, 2.05) is 0 Å². The fraction of sp³-hybridized carbons (Fsp3) is 0.250. The summed E-state index contributed by atoms with van der Waals surface area (Å²) < 4.78 is 5.40. The molecule has 0 radical (unpaired) electrons. The molecular weight excluding hydrogens is 286 g/mol. The summed E-state index contributed by atoms with van der Waals surface area (Å²) in [4.78, 5) is 25.2. The average molecular weight is 303 g/mol. The van der Waals surface area contributed by atoms with Crippen LogP contribution < -0.4 is 0 Å². The number of amides is 1. The molecule has 22 heavy (non-hydrogen) atoms. The van der Waals surface area contributed by atoms with Gasteiger partial charge in [0.1, 0.15) is 23.0 Å². The number of aryl methyl sites for hydroxylation is 1. The van der Waals surface area contributed by atoms with Crippen LogP contribution in [-0.4, -0.2) is 33.9 Å². The molecule has 0 fully saturated rings. The van der Waals surface area contributed by atoms with E-state index in [0.717, 1.165) is 11.8 Å². The number of hydrogen-bond donors (Lipinski definition) is 2. The van der Waals surface area contributed by atoms with Crippen molar-refractivity contribution in [2.75, 3.05) is 7.05 Å². The molecule has 1 aromatic heterocycles. The summed E-state index contributed by atoms with van der Waals surface area (Å²) in [5.41, 5.74) is -0.0582. The third kappa shape index (κ3) is 3.11. The molecule has 1 aromatic carbocycles. The fourth-order valence-electron chi connectivity index (χ4n) is 2.11. The maximum Gasteiger partial charge on any atom is 0.257 e. The lowest BCUT2D eigenvalue weighted by Gasteiger charge is -2.17. The van der Waals surface area contributed by atoms with E-state index < -0.39 is 11.7 Å². The third-order valence-electron chi connectivity index (χ3n) is 3.26. The monoisotopic (exact) mass is 303 g/mol. The van der Waals surface area contributed by atoms with Crippen LogP contribution in [0.25, 0.3) is 0 Å². The van der Waals surface area contributed by atoms with Crippen molar-refractivity contribution >= 4 is 11.7 Å². The smallest absolute Gasteiger partial charge is 0.257 e. The van der Waals surface area contributed by atoms with Gasteiger partial charge in [-0.15, -0.1) is 0 Å². The average Bonchev–Trinajstić information content (AvgIpc) is 2.83. The highest BCUT2D eigenvalue weighted by atomic mass is 16.3. The maximum atomic E-state index is 12.4. The van der Waals surface area contributed by atoms with Crippen LogP contribution in [0, 0.1) is 6.92 Å². The number of nitrogens with zero attached hydrogens (tertiary/aromatic N) is 1. The van der Waals surface area contributed by atoms with Crippen LogP contribution in [0.5, 0.6) is 11.5 Å². The van der Waals surface area contributed by atoms with Crippen molar-refractivity contribution < 1.29 is 24.2 Å². The Morgan fingerprint density at radius 2 is 1.77 bits per heavy atom. The summed E-state index contributed by atoms with van der Waals surface area (Å²) in [5.74, 6) is -0.258. The van der Waals surface area contributed by atoms with Crippen LogP contribution in [0.4, 0.5) is 0 Å². The molecule has 6 nitrogen and oxygen atoms in total. The molecule has 0 unspecified atom stereocenters. The van der Waals surface area contributed by atoms with E-state index in [-0.39, 0.29) is 29.2 Å². The highest BCUT2D eigenvalue weighted by Crippen LogP contribution is 2.28. The number of furan rings is 1. The Hall–Kier alpha value is -2.76. The zero-order valence-electron chi connectivity index (χ0n) is 12.6. The second-order valence-electron chi connectivity index (χ2n) is 5.12. The maximum absolute atomic E-state index is 12.4. The summed E-state index contributed by atoms with van der Waals surface area (Å²) in [5, 5.41) is 19.5. The molecule has 2 rings (SSSR count). The number of hydrogen-bond acceptors (Lipinski definition) is 5. The molecule has 0 aliphatic heterocycles. The minimum absolute atomic E-state index is 0.0107. The van der Waals surface area contributed by atoms with E-state index in [1.54, 1.807) is 26.1 Å². The predicted molar refractivity (Wildman–Crippen MR) is 79.0 cm³/mol. The van der Waals surface area contributed by atoms with Gasteiger partial charge in [0.15, 0.2) is 5.78 Å². The molecule has 0 bridgehead atoms. The fourth-order valence-corrected chi connectivity index (χ4v) is 2.11. The van der Waals surface area contributed by atoms with E-state index in [0.29, 0.717) is 5.76 Å². The molecule has 0 saturated heterocycles. The molecule has 0 aliphatic carbocycles. The Balaban J connectivity index is 2.28. The van der Waals surface area contributed by atoms with Crippen LogP contribution in [0.3, 0.4) is 0 Å². The van der Waals surface area contributed by atoms with Crippen molar-refractivity contribution in [3.63, 3.8) is 0 Å². The number of carbonyl (C=O) groups is 2. The highest BCUT2D eigenvalue weighted by molar-refractivity contribution is 6.03. The molecule has 2 N–H and O–H groups in total. The molecule has 1 amide bonds. The highest BCUT2D eigenvalue weighted by Gasteiger charge is 2.20. The number of benzene rings is 1. The van der Waals surface area contributed by atoms with Gasteiger partial charge in [-0.05, 0) is 32.0 Å². The largest absolute Gasteiger partial charge is 0.507 e. The van der Waals surface area contributed by atoms with Crippen LogP contribution >= 0.6 is 0 Å². The van der Waals surface area contributed by atoms with E-state index in [2.05, 4.69) is 0 Å². The second kappa shape index (κ2) is 5.93. The second-order valence-corrected chi connectivity index (χ2v) is 5.12. The molecule has 116 valence electrons. The van der Waals surface area contributed by atoms with Gasteiger partial charge in [0.2, 0.25) is 0 Å². The first-order valence-corrected chi connectivity index (χ1v) is 6.67. The zero-order chi connectivity index (χ0) is 16.4. The van der Waals surface area contributed by atoms with Gasteiger partial charge in [0.05, 0.1) is 17.7 Å². The van der Waals surface area contributed by atoms with Crippen molar-refractivity contribution in [3.8, 4) is 11.5 Å². The molecule has 0 spiro atoms. The Bertz CT molecular complexity index is 732. The van der Waals surface area contributed by atoms with Gasteiger partial charge in [-0.2, -0.15) is 0 Å². The lowest BCUT2D eigenvalue weighted by Crippen LogP contribution is -2.26. The summed E-state index contributed by atoms with van der Waals surface area (Å²) >= 11 is 0. The van der Waals surface area contributed by atoms with E-state index >= 15 is 0 Å². The lowest BCUT2D eigenvalue weighted by atomic mass is 10.0. The van der Waals surface area contributed by atoms with E-state index in [4.69, 9.17) is 4.42 Å². The number of rotatable bonds is 4. The van der Waals surface area contributed by atoms with Crippen molar-refractivity contribution in [2.24, 2.45) is 0 Å². The van der Waals surface area contributed by atoms with Gasteiger partial charge in [-0.3, -0.25) is 9.59 Å². The van der Waals surface area contributed by atoms with Crippen LogP contribution in [0.2, 0.25) is 0 Å². The number of carbonyl (C=O) groups excluding carboxylic acids is 2. The molecule has 0 atom stereocenters. The molecule has 0 saturated carbocycles. The van der Waals surface area contributed by atoms with Crippen LogP contribution in [0.1, 0.15) is 39.2 Å². The third-order valence-corrected chi connectivity index (χ3v) is 3.26. The first-order valence-electron chi connectivity index (χ1n) is 6.67. The molecule has 2 aromatic rings. The van der Waals surface area contributed by atoms with Gasteiger partial charge in [-0.25, -0.2) is 0 Å². The van der Waals surface area contributed by atoms with Crippen molar-refractivity contribution in [1.29, 1.82) is 0 Å². The topological polar surface area (TPSA) is 91.0 Å². The first-order chi connectivity index (χ1) is 10.3. The number of phenolic OH excluding ortho intramolecular Hbond substituents is 2. The summed E-state index contributed by atoms with van der Waals surface area (Å²) in [6.45, 7) is 3.30. The summed E-state index contributed by atoms with van der Waals surface area (Å²) in [6.07, 6.45) is 0. The Kier molecular flexibility index (Phi) is 4.21. The Morgan fingerprint density at radius 3 is 2.32 bits per heavy atom. The number of Topliss-reactive ketones (excluding diaryl/α,β-unsaturated/α-hetero) is 1. The van der Waals surface area contributed by atoms with E-state index in [1.165, 1.54) is 17.9 Å². The van der Waals surface area contributed by atoms with Gasteiger partial charge in [0.25, 0.3) is 5.91 Å². The predicted octanol–water partition coefficient (Wildman–Crippen LogP) is 2.47. The quantitative estimate of drug-likeness (QED) is 0.847. The molecular formula is C16H17NO5. The van der Waals surface area contributed by atoms with Crippen LogP contribution in [-0.2, 0) is 6.54 Å². The van der Waals surface area contributed by atoms with Gasteiger partial charge < -0.3 is 19.5 Å². The zero-order valence-corrected chi connectivity index (χ0v) is 12.6. The Labute approximate surface area is 127 Å². The molecule has 6 heteroatoms. The lowest BCUT2D eigenvalue weighted by molar-refractivity contribution is 0.0772. The summed E-state index contributed by atoms with van der Waals surface area (Å²) in [6, 6.07) is 5.74. The molecule has 1 heterocycles. The normalized spacial score (nSPS) is 10.5. The number of aromatic hydroxyl groups is 2. The first kappa shape index (κ1) is 15.6. The van der Waals surface area contributed by atoms with Gasteiger partial charge >= 0.3 is 0 Å². The number of phenols is 2. The van der Waals surface area contributed by atoms with Gasteiger partial charge in [-0.1, -0.05) is 0 Å². The van der Waals surface area contributed by atoms with Crippen molar-refractivity contribution in [3.05, 3.63) is 46.9 Å². The summed E-state index contributed by atoms with van der Waals surface area (Å²) in [7, 11) is 1.56. The van der Waals surface area contributed by atoms with Crippen LogP contribution in [0.15, 0.2) is 28.7 Å². The number of ketones is 1. The minimum atomic E-state index is -0.478. The van der Waals surface area contributed by atoms with Gasteiger partial charge in [0, 0.05) is 13.1 Å². The standard InChI is InChI=1S/C16H17NO5/c1-9-4-5-11(22-9)8-17(3)16(21)13-6-12(10(2)18)14(19)7-15(13)20/h4-7,19-20H,8H2,1-3H3. The SMILES string of the molecule is CC(=O)c1cc(C(=O)N(C)Cc2ccc(C)o2)c(O)cc1O. The Morgan fingerprint density at radius 1 is 1.14 bits per heavy atom. The molecule has 0 aliphatic rings.